The lowest BCUT2D eigenvalue weighted by molar-refractivity contribution is 0.221. The number of pyridine rings is 1. The van der Waals surface area contributed by atoms with Crippen molar-refractivity contribution < 1.29 is 4.74 Å². The molecule has 0 aliphatic carbocycles. The van der Waals surface area contributed by atoms with Crippen molar-refractivity contribution in [3.63, 3.8) is 0 Å². The van der Waals surface area contributed by atoms with E-state index in [0.29, 0.717) is 12.4 Å². The van der Waals surface area contributed by atoms with E-state index in [2.05, 4.69) is 49.8 Å². The maximum Gasteiger partial charge on any atom is 0.213 e. The number of aromatic nitrogens is 1. The smallest absolute Gasteiger partial charge is 0.213 e. The fourth-order valence-electron chi connectivity index (χ4n) is 3.40. The van der Waals surface area contributed by atoms with Crippen LogP contribution in [-0.2, 0) is 19.6 Å². The first-order chi connectivity index (χ1) is 13.8. The molecule has 1 saturated heterocycles. The highest BCUT2D eigenvalue weighted by Gasteiger charge is 2.10. The summed E-state index contributed by atoms with van der Waals surface area (Å²) in [5.41, 5.74) is 3.73. The summed E-state index contributed by atoms with van der Waals surface area (Å²) in [6.07, 6.45) is 5.80. The Kier molecular flexibility index (Phi) is 7.67. The molecule has 2 heterocycles. The van der Waals surface area contributed by atoms with Gasteiger partial charge < -0.3 is 15.4 Å². The Morgan fingerprint density at radius 1 is 1.00 bits per heavy atom. The monoisotopic (exact) mass is 381 g/mol. The van der Waals surface area contributed by atoms with Gasteiger partial charge in [0.15, 0.2) is 5.96 Å². The zero-order chi connectivity index (χ0) is 19.6. The van der Waals surface area contributed by atoms with Crippen LogP contribution in [0.5, 0.6) is 5.88 Å². The van der Waals surface area contributed by atoms with Crippen molar-refractivity contribution >= 4 is 5.96 Å². The Balaban J connectivity index is 1.45. The van der Waals surface area contributed by atoms with Crippen molar-refractivity contribution in [2.75, 3.05) is 27.2 Å². The van der Waals surface area contributed by atoms with Gasteiger partial charge in [0.25, 0.3) is 0 Å². The fraction of sp³-hybridized carbons (Fsp3) is 0.455. The number of guanidine groups is 1. The highest BCUT2D eigenvalue weighted by atomic mass is 16.5. The third-order valence-corrected chi connectivity index (χ3v) is 5.03. The van der Waals surface area contributed by atoms with Gasteiger partial charge in [-0.15, -0.1) is 0 Å². The van der Waals surface area contributed by atoms with Crippen molar-refractivity contribution in [2.24, 2.45) is 4.99 Å². The van der Waals surface area contributed by atoms with Gasteiger partial charge in [-0.05, 0) is 48.7 Å². The lowest BCUT2D eigenvalue weighted by atomic mass is 10.1. The molecule has 6 heteroatoms. The van der Waals surface area contributed by atoms with Crippen LogP contribution < -0.4 is 15.4 Å². The SMILES string of the molecule is CN=C(NCc1ccc(CN2CCCCC2)cc1)NCc1ccnc(OC)c1. The van der Waals surface area contributed by atoms with Crippen molar-refractivity contribution in [1.29, 1.82) is 0 Å². The van der Waals surface area contributed by atoms with Gasteiger partial charge in [0, 0.05) is 38.9 Å². The molecule has 1 aromatic carbocycles. The number of methoxy groups -OCH3 is 1. The number of nitrogens with zero attached hydrogens (tertiary/aromatic N) is 3. The van der Waals surface area contributed by atoms with E-state index < -0.39 is 0 Å². The van der Waals surface area contributed by atoms with Crippen molar-refractivity contribution in [2.45, 2.75) is 38.9 Å². The Morgan fingerprint density at radius 3 is 2.36 bits per heavy atom. The van der Waals surface area contributed by atoms with Gasteiger partial charge >= 0.3 is 0 Å². The number of likely N-dealkylation sites (tertiary alicyclic amines) is 1. The Morgan fingerprint density at radius 2 is 1.68 bits per heavy atom. The molecule has 1 aromatic heterocycles. The molecule has 28 heavy (non-hydrogen) atoms. The van der Waals surface area contributed by atoms with E-state index in [4.69, 9.17) is 4.74 Å². The number of rotatable bonds is 7. The van der Waals surface area contributed by atoms with Crippen molar-refractivity contribution in [3.05, 3.63) is 59.3 Å². The predicted octanol–water partition coefficient (Wildman–Crippen LogP) is 2.94. The summed E-state index contributed by atoms with van der Waals surface area (Å²) in [6, 6.07) is 12.8. The highest BCUT2D eigenvalue weighted by molar-refractivity contribution is 5.79. The number of hydrogen-bond acceptors (Lipinski definition) is 4. The zero-order valence-corrected chi connectivity index (χ0v) is 16.9. The van der Waals surface area contributed by atoms with Crippen LogP contribution >= 0.6 is 0 Å². The molecule has 0 radical (unpaired) electrons. The molecular weight excluding hydrogens is 350 g/mol. The van der Waals surface area contributed by atoms with Gasteiger partial charge in [-0.2, -0.15) is 0 Å². The molecule has 3 rings (SSSR count). The van der Waals surface area contributed by atoms with E-state index in [1.165, 1.54) is 43.5 Å². The number of ether oxygens (including phenoxy) is 1. The van der Waals surface area contributed by atoms with Crippen LogP contribution in [0.4, 0.5) is 0 Å². The van der Waals surface area contributed by atoms with E-state index in [9.17, 15) is 0 Å². The van der Waals surface area contributed by atoms with Gasteiger partial charge in [0.05, 0.1) is 7.11 Å². The molecule has 0 spiro atoms. The molecule has 0 amide bonds. The Labute approximate surface area is 168 Å². The number of aliphatic imine (C=N–C) groups is 1. The summed E-state index contributed by atoms with van der Waals surface area (Å²) in [7, 11) is 3.40. The number of piperidine rings is 1. The normalized spacial score (nSPS) is 15.3. The summed E-state index contributed by atoms with van der Waals surface area (Å²) in [4.78, 5) is 11.0. The molecule has 6 nitrogen and oxygen atoms in total. The van der Waals surface area contributed by atoms with Crippen molar-refractivity contribution in [1.82, 2.24) is 20.5 Å². The maximum atomic E-state index is 5.16. The van der Waals surface area contributed by atoms with Crippen LogP contribution in [-0.4, -0.2) is 43.1 Å². The van der Waals surface area contributed by atoms with E-state index >= 15 is 0 Å². The van der Waals surface area contributed by atoms with Crippen LogP contribution in [0.3, 0.4) is 0 Å². The third-order valence-electron chi connectivity index (χ3n) is 5.03. The summed E-state index contributed by atoms with van der Waals surface area (Å²) in [6.45, 7) is 4.92. The number of hydrogen-bond donors (Lipinski definition) is 2. The van der Waals surface area contributed by atoms with Crippen LogP contribution in [0.1, 0.15) is 36.0 Å². The fourth-order valence-corrected chi connectivity index (χ4v) is 3.40. The standard InChI is InChI=1S/C22H31N5O/c1-23-22(26-16-20-10-11-24-21(14-20)28-2)25-15-18-6-8-19(9-7-18)17-27-12-4-3-5-13-27/h6-11,14H,3-5,12-13,15-17H2,1-2H3,(H2,23,25,26). The highest BCUT2D eigenvalue weighted by Crippen LogP contribution is 2.13. The third kappa shape index (κ3) is 6.23. The van der Waals surface area contributed by atoms with Gasteiger partial charge in [0.1, 0.15) is 0 Å². The molecule has 2 aromatic rings. The lowest BCUT2D eigenvalue weighted by Crippen LogP contribution is -2.36. The molecule has 0 atom stereocenters. The average Bonchev–Trinajstić information content (AvgIpc) is 2.76. The molecule has 1 aliphatic rings. The van der Waals surface area contributed by atoms with E-state index in [1.54, 1.807) is 20.4 Å². The first-order valence-electron chi connectivity index (χ1n) is 10.0. The largest absolute Gasteiger partial charge is 0.481 e. The quantitative estimate of drug-likeness (QED) is 0.570. The van der Waals surface area contributed by atoms with Gasteiger partial charge in [-0.3, -0.25) is 9.89 Å². The number of nitrogens with one attached hydrogen (secondary N) is 2. The average molecular weight is 382 g/mol. The van der Waals surface area contributed by atoms with Gasteiger partial charge in [-0.1, -0.05) is 30.7 Å². The van der Waals surface area contributed by atoms with Gasteiger partial charge in [-0.25, -0.2) is 4.98 Å². The van der Waals surface area contributed by atoms with Crippen LogP contribution in [0.15, 0.2) is 47.6 Å². The summed E-state index contributed by atoms with van der Waals surface area (Å²) < 4.78 is 5.16. The Bertz CT molecular complexity index is 754. The molecule has 1 aliphatic heterocycles. The minimum absolute atomic E-state index is 0.617. The second-order valence-corrected chi connectivity index (χ2v) is 7.14. The molecule has 150 valence electrons. The molecule has 0 saturated carbocycles. The van der Waals surface area contributed by atoms with E-state index in [0.717, 1.165) is 24.6 Å². The maximum absolute atomic E-state index is 5.16. The second kappa shape index (κ2) is 10.7. The first-order valence-corrected chi connectivity index (χ1v) is 10.0. The number of benzene rings is 1. The first kappa shape index (κ1) is 20.1. The summed E-state index contributed by atoms with van der Waals surface area (Å²) in [5, 5.41) is 6.69. The van der Waals surface area contributed by atoms with E-state index in [-0.39, 0.29) is 0 Å². The van der Waals surface area contributed by atoms with E-state index in [1.807, 2.05) is 12.1 Å². The molecule has 0 bridgehead atoms. The molecule has 0 unspecified atom stereocenters. The van der Waals surface area contributed by atoms with Crippen LogP contribution in [0.2, 0.25) is 0 Å². The van der Waals surface area contributed by atoms with Gasteiger partial charge in [0.2, 0.25) is 5.88 Å². The van der Waals surface area contributed by atoms with Crippen molar-refractivity contribution in [3.8, 4) is 5.88 Å². The summed E-state index contributed by atoms with van der Waals surface area (Å²) in [5.74, 6) is 1.39. The summed E-state index contributed by atoms with van der Waals surface area (Å²) >= 11 is 0. The topological polar surface area (TPSA) is 61.8 Å². The lowest BCUT2D eigenvalue weighted by Gasteiger charge is -2.26. The van der Waals surface area contributed by atoms with Crippen LogP contribution in [0, 0.1) is 0 Å². The molecule has 1 fully saturated rings. The zero-order valence-electron chi connectivity index (χ0n) is 16.9. The Hall–Kier alpha value is -2.60. The molecule has 2 N–H and O–H groups in total. The van der Waals surface area contributed by atoms with Crippen LogP contribution in [0.25, 0.3) is 0 Å². The minimum atomic E-state index is 0.617. The molecular formula is C22H31N5O. The second-order valence-electron chi connectivity index (χ2n) is 7.14. The predicted molar refractivity (Wildman–Crippen MR) is 113 cm³/mol. The minimum Gasteiger partial charge on any atom is -0.481 e.